The highest BCUT2D eigenvalue weighted by atomic mass is 35.5. The number of para-hydroxylation sites is 1. The van der Waals surface area contributed by atoms with Crippen molar-refractivity contribution >= 4 is 11.6 Å². The van der Waals surface area contributed by atoms with E-state index in [0.717, 1.165) is 17.0 Å². The van der Waals surface area contributed by atoms with E-state index in [1.165, 1.54) is 0 Å². The number of alkyl halides is 1. The molecule has 3 nitrogen and oxygen atoms in total. The highest BCUT2D eigenvalue weighted by Gasteiger charge is 2.02. The van der Waals surface area contributed by atoms with Crippen LogP contribution in [0.1, 0.15) is 17.7 Å². The van der Waals surface area contributed by atoms with Crippen molar-refractivity contribution in [3.63, 3.8) is 0 Å². The topological polar surface area (TPSA) is 31.4 Å². The van der Waals surface area contributed by atoms with Gasteiger partial charge in [-0.3, -0.25) is 0 Å². The van der Waals surface area contributed by atoms with Gasteiger partial charge in [0, 0.05) is 18.4 Å². The Morgan fingerprint density at radius 1 is 1.14 bits per heavy atom. The molecule has 0 unspecified atom stereocenters. The van der Waals surface area contributed by atoms with E-state index in [0.29, 0.717) is 24.8 Å². The van der Waals surface area contributed by atoms with Crippen molar-refractivity contribution in [1.82, 2.24) is 4.98 Å². The quantitative estimate of drug-likeness (QED) is 0.624. The van der Waals surface area contributed by atoms with E-state index in [-0.39, 0.29) is 0 Å². The zero-order valence-electron chi connectivity index (χ0n) is 11.8. The lowest BCUT2D eigenvalue weighted by molar-refractivity contribution is 0.297. The van der Waals surface area contributed by atoms with Gasteiger partial charge in [0.2, 0.25) is 5.88 Å². The fourth-order valence-corrected chi connectivity index (χ4v) is 1.80. The molecule has 0 radical (unpaired) electrons. The van der Waals surface area contributed by atoms with Gasteiger partial charge in [0.05, 0.1) is 18.4 Å². The minimum atomic E-state index is 0.366. The average Bonchev–Trinajstić information content (AvgIpc) is 2.54. The molecule has 0 aliphatic heterocycles. The van der Waals surface area contributed by atoms with Crippen molar-refractivity contribution in [2.45, 2.75) is 13.0 Å². The third-order valence-electron chi connectivity index (χ3n) is 2.70. The Morgan fingerprint density at radius 3 is 2.81 bits per heavy atom. The third-order valence-corrected chi connectivity index (χ3v) is 2.88. The van der Waals surface area contributed by atoms with Crippen LogP contribution in [0.4, 0.5) is 0 Å². The second kappa shape index (κ2) is 8.18. The smallest absolute Gasteiger partial charge is 0.213 e. The summed E-state index contributed by atoms with van der Waals surface area (Å²) in [6.07, 6.45) is 0.660. The van der Waals surface area contributed by atoms with Gasteiger partial charge in [-0.1, -0.05) is 30.0 Å². The fraction of sp³-hybridized carbons (Fsp3) is 0.235. The van der Waals surface area contributed by atoms with Crippen LogP contribution in [0.2, 0.25) is 0 Å². The average molecular weight is 302 g/mol. The van der Waals surface area contributed by atoms with Crippen LogP contribution in [-0.2, 0) is 6.61 Å². The largest absolute Gasteiger partial charge is 0.486 e. The van der Waals surface area contributed by atoms with E-state index >= 15 is 0 Å². The number of hydrogen-bond donors (Lipinski definition) is 0. The molecule has 1 aromatic carbocycles. The van der Waals surface area contributed by atoms with Crippen LogP contribution < -0.4 is 9.47 Å². The van der Waals surface area contributed by atoms with Crippen LogP contribution in [0.5, 0.6) is 11.6 Å². The molecule has 0 aliphatic rings. The number of ether oxygens (including phenoxy) is 2. The molecule has 0 amide bonds. The molecule has 4 heteroatoms. The molecule has 0 atom stereocenters. The molecule has 108 valence electrons. The molecular weight excluding hydrogens is 286 g/mol. The van der Waals surface area contributed by atoms with E-state index in [4.69, 9.17) is 21.1 Å². The van der Waals surface area contributed by atoms with Gasteiger partial charge < -0.3 is 9.47 Å². The van der Waals surface area contributed by atoms with Crippen molar-refractivity contribution in [1.29, 1.82) is 0 Å². The standard InChI is InChI=1S/C17H16ClNO2/c1-20-17-11-6-9-15(19-17)13-21-16-10-3-2-7-14(16)8-4-5-12-18/h2-3,6-7,9-11H,5,12-13H2,1H3. The second-order valence-electron chi connectivity index (χ2n) is 4.20. The molecule has 0 bridgehead atoms. The number of hydrogen-bond acceptors (Lipinski definition) is 3. The number of pyridine rings is 1. The van der Waals surface area contributed by atoms with E-state index in [9.17, 15) is 0 Å². The van der Waals surface area contributed by atoms with E-state index < -0.39 is 0 Å². The van der Waals surface area contributed by atoms with E-state index in [1.807, 2.05) is 36.4 Å². The zero-order chi connectivity index (χ0) is 14.9. The SMILES string of the molecule is COc1cccc(COc2ccccc2C#CCCCl)n1. The molecule has 0 fully saturated rings. The van der Waals surface area contributed by atoms with Gasteiger partial charge in [-0.05, 0) is 18.2 Å². The van der Waals surface area contributed by atoms with Crippen LogP contribution in [-0.4, -0.2) is 18.0 Å². The summed E-state index contributed by atoms with van der Waals surface area (Å²) in [5, 5.41) is 0. The van der Waals surface area contributed by atoms with E-state index in [2.05, 4.69) is 16.8 Å². The summed E-state index contributed by atoms with van der Waals surface area (Å²) in [5.41, 5.74) is 1.66. The first-order chi connectivity index (χ1) is 10.3. The number of benzene rings is 1. The summed E-state index contributed by atoms with van der Waals surface area (Å²) in [5.74, 6) is 7.93. The van der Waals surface area contributed by atoms with Crippen LogP contribution in [0.25, 0.3) is 0 Å². The second-order valence-corrected chi connectivity index (χ2v) is 4.57. The fourth-order valence-electron chi connectivity index (χ4n) is 1.70. The Hall–Kier alpha value is -2.18. The van der Waals surface area contributed by atoms with Crippen LogP contribution >= 0.6 is 11.6 Å². The lowest BCUT2D eigenvalue weighted by Crippen LogP contribution is -2.00. The molecule has 21 heavy (non-hydrogen) atoms. The maximum Gasteiger partial charge on any atom is 0.213 e. The number of nitrogens with zero attached hydrogens (tertiary/aromatic N) is 1. The van der Waals surface area contributed by atoms with Crippen molar-refractivity contribution in [3.05, 3.63) is 53.7 Å². The summed E-state index contributed by atoms with van der Waals surface area (Å²) in [4.78, 5) is 4.31. The van der Waals surface area contributed by atoms with Gasteiger partial charge in [-0.15, -0.1) is 11.6 Å². The lowest BCUT2D eigenvalue weighted by atomic mass is 10.2. The maximum absolute atomic E-state index is 5.80. The summed E-state index contributed by atoms with van der Waals surface area (Å²) >= 11 is 5.62. The molecule has 1 heterocycles. The molecule has 0 saturated heterocycles. The van der Waals surface area contributed by atoms with Crippen LogP contribution in [0.3, 0.4) is 0 Å². The van der Waals surface area contributed by atoms with Crippen molar-refractivity contribution in [3.8, 4) is 23.5 Å². The van der Waals surface area contributed by atoms with E-state index in [1.54, 1.807) is 13.2 Å². The predicted molar refractivity (Wildman–Crippen MR) is 83.8 cm³/mol. The first-order valence-corrected chi connectivity index (χ1v) is 7.13. The number of aromatic nitrogens is 1. The minimum Gasteiger partial charge on any atom is -0.486 e. The lowest BCUT2D eigenvalue weighted by Gasteiger charge is -2.08. The van der Waals surface area contributed by atoms with Gasteiger partial charge in [-0.2, -0.15) is 0 Å². The van der Waals surface area contributed by atoms with Crippen molar-refractivity contribution in [2.24, 2.45) is 0 Å². The van der Waals surface area contributed by atoms with Crippen molar-refractivity contribution < 1.29 is 9.47 Å². The molecule has 1 aromatic heterocycles. The maximum atomic E-state index is 5.80. The minimum absolute atomic E-state index is 0.366. The first kappa shape index (κ1) is 15.2. The number of rotatable bonds is 5. The van der Waals surface area contributed by atoms with Gasteiger partial charge in [-0.25, -0.2) is 4.98 Å². The number of halogens is 1. The van der Waals surface area contributed by atoms with Crippen LogP contribution in [0, 0.1) is 11.8 Å². The molecule has 2 aromatic rings. The molecule has 0 aliphatic carbocycles. The van der Waals surface area contributed by atoms with Crippen molar-refractivity contribution in [2.75, 3.05) is 13.0 Å². The Labute approximate surface area is 129 Å². The van der Waals surface area contributed by atoms with Gasteiger partial charge in [0.25, 0.3) is 0 Å². The molecule has 0 N–H and O–H groups in total. The summed E-state index contributed by atoms with van der Waals surface area (Å²) in [6, 6.07) is 13.2. The normalized spacial score (nSPS) is 9.62. The summed E-state index contributed by atoms with van der Waals surface area (Å²) < 4.78 is 10.9. The molecule has 2 rings (SSSR count). The molecule has 0 spiro atoms. The highest BCUT2D eigenvalue weighted by Crippen LogP contribution is 2.18. The third kappa shape index (κ3) is 4.70. The monoisotopic (exact) mass is 301 g/mol. The predicted octanol–water partition coefficient (Wildman–Crippen LogP) is 3.65. The molecule has 0 saturated carbocycles. The van der Waals surface area contributed by atoms with Gasteiger partial charge >= 0.3 is 0 Å². The molecular formula is C17H16ClNO2. The Bertz CT molecular complexity index is 646. The number of methoxy groups -OCH3 is 1. The summed E-state index contributed by atoms with van der Waals surface area (Å²) in [6.45, 7) is 0.366. The highest BCUT2D eigenvalue weighted by molar-refractivity contribution is 6.18. The summed E-state index contributed by atoms with van der Waals surface area (Å²) in [7, 11) is 1.59. The first-order valence-electron chi connectivity index (χ1n) is 6.60. The van der Waals surface area contributed by atoms with Gasteiger partial charge in [0.15, 0.2) is 0 Å². The van der Waals surface area contributed by atoms with Gasteiger partial charge in [0.1, 0.15) is 12.4 Å². The Balaban J connectivity index is 2.07. The van der Waals surface area contributed by atoms with Crippen LogP contribution in [0.15, 0.2) is 42.5 Å². The Morgan fingerprint density at radius 2 is 2.00 bits per heavy atom. The zero-order valence-corrected chi connectivity index (χ0v) is 12.6. The Kier molecular flexibility index (Phi) is 5.93.